The molecule has 27 heavy (non-hydrogen) atoms. The Morgan fingerprint density at radius 1 is 1.15 bits per heavy atom. The molecule has 9 heteroatoms. The maximum atomic E-state index is 13.4. The molecule has 2 rings (SSSR count). The molecule has 0 heterocycles. The lowest BCUT2D eigenvalue weighted by Gasteiger charge is -2.32. The number of carbonyl (C=O) groups is 1. The molecule has 0 fully saturated rings. The van der Waals surface area contributed by atoms with Gasteiger partial charge in [0.25, 0.3) is 5.91 Å². The molecule has 6 nitrogen and oxygen atoms in total. The molecule has 0 aliphatic carbocycles. The van der Waals surface area contributed by atoms with Gasteiger partial charge in [-0.1, -0.05) is 67.4 Å². The summed E-state index contributed by atoms with van der Waals surface area (Å²) < 4.78 is 27.8. The normalized spacial score (nSPS) is 13.0. The molecule has 1 amide bonds. The average Bonchev–Trinajstić information content (AvgIpc) is 2.63. The van der Waals surface area contributed by atoms with E-state index in [0.29, 0.717) is 5.56 Å². The van der Waals surface area contributed by atoms with Gasteiger partial charge in [-0.15, -0.1) is 0 Å². The van der Waals surface area contributed by atoms with Gasteiger partial charge in [0.2, 0.25) is 10.0 Å². The number of nitrogens with one attached hydrogen (secondary N) is 1. The van der Waals surface area contributed by atoms with E-state index >= 15 is 0 Å². The molecular weight excluding hydrogens is 411 g/mol. The van der Waals surface area contributed by atoms with Crippen LogP contribution < -0.4 is 5.48 Å². The van der Waals surface area contributed by atoms with Crippen LogP contribution in [0.3, 0.4) is 0 Å². The van der Waals surface area contributed by atoms with Gasteiger partial charge < -0.3 is 0 Å². The van der Waals surface area contributed by atoms with E-state index in [2.05, 4.69) is 0 Å². The van der Waals surface area contributed by atoms with Crippen LogP contribution in [0.4, 0.5) is 0 Å². The number of hydroxylamine groups is 1. The van der Waals surface area contributed by atoms with Crippen molar-refractivity contribution in [1.82, 2.24) is 9.79 Å². The first kappa shape index (κ1) is 21.7. The highest BCUT2D eigenvalue weighted by atomic mass is 35.5. The summed E-state index contributed by atoms with van der Waals surface area (Å²) in [6.07, 6.45) is 0. The Bertz CT molecular complexity index is 905. The first-order chi connectivity index (χ1) is 12.7. The zero-order chi connectivity index (χ0) is 20.2. The van der Waals surface area contributed by atoms with Crippen molar-refractivity contribution < 1.29 is 18.4 Å². The molecule has 0 aliphatic heterocycles. The van der Waals surface area contributed by atoms with Crippen LogP contribution in [0.25, 0.3) is 0 Å². The van der Waals surface area contributed by atoms with Gasteiger partial charge in [-0.3, -0.25) is 10.0 Å². The molecule has 0 saturated carbocycles. The van der Waals surface area contributed by atoms with Gasteiger partial charge in [-0.25, -0.2) is 13.9 Å². The third-order valence-corrected chi connectivity index (χ3v) is 6.53. The highest BCUT2D eigenvalue weighted by Crippen LogP contribution is 2.31. The number of nitrogens with zero attached hydrogens (tertiary/aromatic N) is 1. The minimum atomic E-state index is -4.21. The maximum absolute atomic E-state index is 13.4. The topological polar surface area (TPSA) is 86.7 Å². The van der Waals surface area contributed by atoms with Crippen molar-refractivity contribution in [3.63, 3.8) is 0 Å². The van der Waals surface area contributed by atoms with Crippen LogP contribution in [-0.4, -0.2) is 29.9 Å². The summed E-state index contributed by atoms with van der Waals surface area (Å²) in [4.78, 5) is 12.1. The first-order valence-electron chi connectivity index (χ1n) is 8.13. The van der Waals surface area contributed by atoms with E-state index in [-0.39, 0.29) is 21.5 Å². The molecule has 2 aromatic rings. The fraction of sp³-hybridized carbons (Fsp3) is 0.278. The van der Waals surface area contributed by atoms with Gasteiger partial charge in [0.1, 0.15) is 10.9 Å². The molecule has 146 valence electrons. The molecule has 0 unspecified atom stereocenters. The minimum absolute atomic E-state index is 0.00984. The molecule has 0 radical (unpaired) electrons. The Hall–Kier alpha value is -1.64. The third-order valence-electron chi connectivity index (χ3n) is 3.98. The van der Waals surface area contributed by atoms with Gasteiger partial charge in [-0.05, 0) is 29.7 Å². The Morgan fingerprint density at radius 2 is 1.78 bits per heavy atom. The molecule has 0 aliphatic rings. The lowest BCUT2D eigenvalue weighted by Crippen LogP contribution is -2.51. The molecule has 1 atom stereocenters. The van der Waals surface area contributed by atoms with Crippen LogP contribution in [-0.2, 0) is 21.4 Å². The monoisotopic (exact) mass is 430 g/mol. The average molecular weight is 431 g/mol. The number of carbonyl (C=O) groups excluding carboxylic acids is 1. The van der Waals surface area contributed by atoms with Gasteiger partial charge in [0.05, 0.1) is 5.02 Å². The summed E-state index contributed by atoms with van der Waals surface area (Å²) in [5.41, 5.74) is 2.23. The van der Waals surface area contributed by atoms with Crippen LogP contribution in [0.2, 0.25) is 10.0 Å². The molecular formula is C18H20Cl2N2O4S. The second kappa shape index (κ2) is 9.03. The van der Waals surface area contributed by atoms with Crippen molar-refractivity contribution in [2.24, 2.45) is 5.92 Å². The van der Waals surface area contributed by atoms with E-state index < -0.39 is 27.9 Å². The van der Waals surface area contributed by atoms with E-state index in [1.165, 1.54) is 18.2 Å². The fourth-order valence-electron chi connectivity index (χ4n) is 2.73. The lowest BCUT2D eigenvalue weighted by atomic mass is 10.0. The molecule has 0 spiro atoms. The first-order valence-corrected chi connectivity index (χ1v) is 10.3. The highest BCUT2D eigenvalue weighted by molar-refractivity contribution is 7.89. The molecule has 2 aromatic carbocycles. The maximum Gasteiger partial charge on any atom is 0.262 e. The van der Waals surface area contributed by atoms with E-state index in [1.807, 2.05) is 0 Å². The molecule has 2 N–H and O–H groups in total. The van der Waals surface area contributed by atoms with Gasteiger partial charge in [0, 0.05) is 11.6 Å². The predicted molar refractivity (Wildman–Crippen MR) is 104 cm³/mol. The van der Waals surface area contributed by atoms with Gasteiger partial charge in [0.15, 0.2) is 0 Å². The Labute approximate surface area is 168 Å². The Morgan fingerprint density at radius 3 is 2.33 bits per heavy atom. The minimum Gasteiger partial charge on any atom is -0.289 e. The van der Waals surface area contributed by atoms with E-state index in [4.69, 9.17) is 28.4 Å². The summed E-state index contributed by atoms with van der Waals surface area (Å²) in [6, 6.07) is 11.8. The third kappa shape index (κ3) is 5.00. The predicted octanol–water partition coefficient (Wildman–Crippen LogP) is 3.71. The largest absolute Gasteiger partial charge is 0.289 e. The molecule has 0 aromatic heterocycles. The number of hydrogen-bond donors (Lipinski definition) is 2. The number of benzene rings is 2. The summed E-state index contributed by atoms with van der Waals surface area (Å²) >= 11 is 12.1. The van der Waals surface area contributed by atoms with Crippen molar-refractivity contribution in [3.8, 4) is 0 Å². The number of halogens is 2. The van der Waals surface area contributed by atoms with Gasteiger partial charge >= 0.3 is 0 Å². The second-order valence-corrected chi connectivity index (χ2v) is 8.98. The van der Waals surface area contributed by atoms with E-state index in [0.717, 1.165) is 4.31 Å². The number of hydrogen-bond acceptors (Lipinski definition) is 4. The number of sulfonamides is 1. The standard InChI is InChI=1S/C18H20Cl2N2O4S/c1-12(2)17(18(23)21-24)22(11-13-6-4-3-5-7-13)27(25,26)16-10-14(19)8-9-15(16)20/h3-10,12,17,24H,11H2,1-2H3,(H,21,23)/t17-/m0/s1. The van der Waals surface area contributed by atoms with Crippen molar-refractivity contribution in [2.75, 3.05) is 0 Å². The fourth-order valence-corrected chi connectivity index (χ4v) is 5.18. The zero-order valence-electron chi connectivity index (χ0n) is 14.8. The highest BCUT2D eigenvalue weighted by Gasteiger charge is 2.39. The summed E-state index contributed by atoms with van der Waals surface area (Å²) in [6.45, 7) is 3.29. The Kier molecular flexibility index (Phi) is 7.25. The summed E-state index contributed by atoms with van der Waals surface area (Å²) in [7, 11) is -4.21. The summed E-state index contributed by atoms with van der Waals surface area (Å²) in [5, 5.41) is 9.33. The quantitative estimate of drug-likeness (QED) is 0.517. The number of amides is 1. The van der Waals surface area contributed by atoms with Crippen LogP contribution in [0.1, 0.15) is 19.4 Å². The lowest BCUT2D eigenvalue weighted by molar-refractivity contribution is -0.134. The van der Waals surface area contributed by atoms with Crippen molar-refractivity contribution >= 4 is 39.1 Å². The second-order valence-electron chi connectivity index (χ2n) is 6.28. The van der Waals surface area contributed by atoms with Gasteiger partial charge in [-0.2, -0.15) is 4.31 Å². The van der Waals surface area contributed by atoms with Crippen molar-refractivity contribution in [1.29, 1.82) is 0 Å². The van der Waals surface area contributed by atoms with Crippen LogP contribution in [0.15, 0.2) is 53.4 Å². The van der Waals surface area contributed by atoms with Crippen LogP contribution in [0, 0.1) is 5.92 Å². The molecule has 0 saturated heterocycles. The summed E-state index contributed by atoms with van der Waals surface area (Å²) in [5.74, 6) is -1.25. The molecule has 0 bridgehead atoms. The van der Waals surface area contributed by atoms with Crippen LogP contribution in [0.5, 0.6) is 0 Å². The smallest absolute Gasteiger partial charge is 0.262 e. The van der Waals surface area contributed by atoms with Crippen molar-refractivity contribution in [2.45, 2.75) is 31.3 Å². The van der Waals surface area contributed by atoms with Crippen LogP contribution >= 0.6 is 23.2 Å². The van der Waals surface area contributed by atoms with E-state index in [9.17, 15) is 13.2 Å². The zero-order valence-corrected chi connectivity index (χ0v) is 17.1. The number of rotatable bonds is 7. The van der Waals surface area contributed by atoms with Crippen molar-refractivity contribution in [3.05, 3.63) is 64.1 Å². The SMILES string of the molecule is CC(C)[C@@H](C(=O)NO)N(Cc1ccccc1)S(=O)(=O)c1cc(Cl)ccc1Cl. The Balaban J connectivity index is 2.63. The van der Waals surface area contributed by atoms with E-state index in [1.54, 1.807) is 49.7 Å².